The van der Waals surface area contributed by atoms with E-state index in [1.54, 1.807) is 6.34 Å². The number of nitrogens with one attached hydrogen (secondary N) is 1. The van der Waals surface area contributed by atoms with Crippen LogP contribution >= 0.6 is 0 Å². The number of aliphatic imine (C=N–C) groups is 1. The number of aromatic nitrogens is 1. The molecule has 0 spiro atoms. The minimum atomic E-state index is 0.561. The Labute approximate surface area is 78.5 Å². The minimum absolute atomic E-state index is 0.561. The lowest BCUT2D eigenvalue weighted by Gasteiger charge is -2.09. The number of rotatable bonds is 1. The molecular formula is C10H15N3. The molecule has 0 amide bonds. The topological polar surface area (TPSA) is 29.3 Å². The average Bonchev–Trinajstić information content (AvgIpc) is 2.45. The quantitative estimate of drug-likeness (QED) is 0.697. The van der Waals surface area contributed by atoms with Crippen molar-refractivity contribution in [1.82, 2.24) is 9.88 Å². The van der Waals surface area contributed by atoms with E-state index in [2.05, 4.69) is 41.8 Å². The molecule has 0 unspecified atom stereocenters. The molecule has 2 heterocycles. The third-order valence-electron chi connectivity index (χ3n) is 2.48. The van der Waals surface area contributed by atoms with E-state index in [0.29, 0.717) is 5.92 Å². The van der Waals surface area contributed by atoms with Crippen LogP contribution in [0.1, 0.15) is 31.0 Å². The highest BCUT2D eigenvalue weighted by molar-refractivity contribution is 5.65. The lowest BCUT2D eigenvalue weighted by molar-refractivity contribution is 0.741. The number of nitrogens with zero attached hydrogens (tertiary/aromatic N) is 2. The first kappa shape index (κ1) is 8.35. The number of hydrogen-bond donors (Lipinski definition) is 1. The van der Waals surface area contributed by atoms with Crippen molar-refractivity contribution in [2.24, 2.45) is 12.0 Å². The maximum absolute atomic E-state index is 4.32. The van der Waals surface area contributed by atoms with Crippen LogP contribution in [0.15, 0.2) is 11.1 Å². The van der Waals surface area contributed by atoms with Gasteiger partial charge in [-0.3, -0.25) is 0 Å². The summed E-state index contributed by atoms with van der Waals surface area (Å²) < 4.78 is 2.18. The normalized spacial score (nSPS) is 14.5. The molecule has 0 aromatic carbocycles. The lowest BCUT2D eigenvalue weighted by Crippen LogP contribution is -2.13. The Morgan fingerprint density at radius 2 is 2.31 bits per heavy atom. The maximum Gasteiger partial charge on any atom is 0.139 e. The summed E-state index contributed by atoms with van der Waals surface area (Å²) in [6.45, 7) is 5.31. The third-order valence-corrected chi connectivity index (χ3v) is 2.48. The zero-order chi connectivity index (χ0) is 9.42. The van der Waals surface area contributed by atoms with Crippen molar-refractivity contribution >= 4 is 12.2 Å². The molecule has 0 radical (unpaired) electrons. The second-order valence-corrected chi connectivity index (χ2v) is 3.77. The first-order valence-electron chi connectivity index (χ1n) is 4.64. The van der Waals surface area contributed by atoms with Crippen LogP contribution in [0.5, 0.6) is 0 Å². The van der Waals surface area contributed by atoms with Crippen LogP contribution in [-0.4, -0.2) is 10.9 Å². The van der Waals surface area contributed by atoms with Crippen molar-refractivity contribution in [2.45, 2.75) is 26.3 Å². The predicted octanol–water partition coefficient (Wildman–Crippen LogP) is 1.91. The van der Waals surface area contributed by atoms with Crippen molar-refractivity contribution in [1.29, 1.82) is 0 Å². The van der Waals surface area contributed by atoms with E-state index in [-0.39, 0.29) is 0 Å². The molecular weight excluding hydrogens is 162 g/mol. The van der Waals surface area contributed by atoms with E-state index >= 15 is 0 Å². The Bertz CT molecular complexity index is 347. The smallest absolute Gasteiger partial charge is 0.139 e. The SMILES string of the molecule is CC(C)c1cc2c(n1C)N=CNC2. The summed E-state index contributed by atoms with van der Waals surface area (Å²) >= 11 is 0. The van der Waals surface area contributed by atoms with Gasteiger partial charge in [0.05, 0.1) is 6.34 Å². The Morgan fingerprint density at radius 1 is 1.54 bits per heavy atom. The molecule has 1 aliphatic rings. The highest BCUT2D eigenvalue weighted by atomic mass is 15.1. The summed E-state index contributed by atoms with van der Waals surface area (Å²) in [5.41, 5.74) is 2.65. The molecule has 3 heteroatoms. The maximum atomic E-state index is 4.32. The molecule has 1 aromatic rings. The summed E-state index contributed by atoms with van der Waals surface area (Å²) in [7, 11) is 2.08. The first-order chi connectivity index (χ1) is 6.20. The monoisotopic (exact) mass is 177 g/mol. The zero-order valence-corrected chi connectivity index (χ0v) is 8.33. The van der Waals surface area contributed by atoms with E-state index in [1.807, 2.05) is 0 Å². The fraction of sp³-hybridized carbons (Fsp3) is 0.500. The molecule has 0 saturated heterocycles. The van der Waals surface area contributed by atoms with E-state index in [0.717, 1.165) is 12.4 Å². The third kappa shape index (κ3) is 1.24. The van der Waals surface area contributed by atoms with Gasteiger partial charge in [-0.05, 0) is 12.0 Å². The molecule has 1 aliphatic heterocycles. The molecule has 3 nitrogen and oxygen atoms in total. The van der Waals surface area contributed by atoms with Crippen molar-refractivity contribution in [3.8, 4) is 0 Å². The second kappa shape index (κ2) is 2.91. The van der Waals surface area contributed by atoms with Gasteiger partial charge in [-0.25, -0.2) is 4.99 Å². The fourth-order valence-electron chi connectivity index (χ4n) is 1.79. The molecule has 2 rings (SSSR count). The second-order valence-electron chi connectivity index (χ2n) is 3.77. The van der Waals surface area contributed by atoms with Crippen LogP contribution in [-0.2, 0) is 13.6 Å². The summed E-state index contributed by atoms with van der Waals surface area (Å²) in [5, 5.41) is 3.12. The van der Waals surface area contributed by atoms with Crippen molar-refractivity contribution in [3.05, 3.63) is 17.3 Å². The highest BCUT2D eigenvalue weighted by Crippen LogP contribution is 2.28. The summed E-state index contributed by atoms with van der Waals surface area (Å²) in [5.74, 6) is 1.66. The van der Waals surface area contributed by atoms with Gasteiger partial charge in [-0.2, -0.15) is 0 Å². The van der Waals surface area contributed by atoms with Gasteiger partial charge >= 0.3 is 0 Å². The van der Waals surface area contributed by atoms with Gasteiger partial charge in [0.2, 0.25) is 0 Å². The van der Waals surface area contributed by atoms with Crippen molar-refractivity contribution < 1.29 is 0 Å². The van der Waals surface area contributed by atoms with Crippen LogP contribution in [0.3, 0.4) is 0 Å². The molecule has 0 saturated carbocycles. The molecule has 0 bridgehead atoms. The van der Waals surface area contributed by atoms with Gasteiger partial charge < -0.3 is 9.88 Å². The molecule has 0 fully saturated rings. The van der Waals surface area contributed by atoms with E-state index in [1.165, 1.54) is 11.3 Å². The summed E-state index contributed by atoms with van der Waals surface area (Å²) in [6.07, 6.45) is 1.77. The Balaban J connectivity index is 2.52. The van der Waals surface area contributed by atoms with Gasteiger partial charge in [0.15, 0.2) is 0 Å². The Morgan fingerprint density at radius 3 is 2.92 bits per heavy atom. The Hall–Kier alpha value is -1.25. The summed E-state index contributed by atoms with van der Waals surface area (Å²) in [4.78, 5) is 4.32. The van der Waals surface area contributed by atoms with E-state index in [9.17, 15) is 0 Å². The van der Waals surface area contributed by atoms with Gasteiger partial charge in [-0.1, -0.05) is 13.8 Å². The minimum Gasteiger partial charge on any atom is -0.372 e. The zero-order valence-electron chi connectivity index (χ0n) is 8.33. The average molecular weight is 177 g/mol. The van der Waals surface area contributed by atoms with Crippen molar-refractivity contribution in [3.63, 3.8) is 0 Å². The van der Waals surface area contributed by atoms with Crippen LogP contribution < -0.4 is 5.32 Å². The van der Waals surface area contributed by atoms with Crippen LogP contribution in [0.4, 0.5) is 5.82 Å². The molecule has 1 N–H and O–H groups in total. The predicted molar refractivity (Wildman–Crippen MR) is 54.5 cm³/mol. The standard InChI is InChI=1S/C10H15N3/c1-7(2)9-4-8-5-11-6-12-10(8)13(9)3/h4,6-7H,5H2,1-3H3,(H,11,12). The van der Waals surface area contributed by atoms with E-state index in [4.69, 9.17) is 0 Å². The van der Waals surface area contributed by atoms with Crippen molar-refractivity contribution in [2.75, 3.05) is 0 Å². The number of fused-ring (bicyclic) bond motifs is 1. The number of hydrogen-bond acceptors (Lipinski definition) is 2. The molecule has 0 atom stereocenters. The fourth-order valence-corrected chi connectivity index (χ4v) is 1.79. The Kier molecular flexibility index (Phi) is 1.87. The first-order valence-corrected chi connectivity index (χ1v) is 4.64. The van der Waals surface area contributed by atoms with E-state index < -0.39 is 0 Å². The lowest BCUT2D eigenvalue weighted by atomic mass is 10.1. The molecule has 0 aliphatic carbocycles. The van der Waals surface area contributed by atoms with Crippen LogP contribution in [0.25, 0.3) is 0 Å². The van der Waals surface area contributed by atoms with Gasteiger partial charge in [0.25, 0.3) is 0 Å². The molecule has 70 valence electrons. The molecule has 13 heavy (non-hydrogen) atoms. The van der Waals surface area contributed by atoms with Crippen LogP contribution in [0.2, 0.25) is 0 Å². The summed E-state index contributed by atoms with van der Waals surface area (Å²) in [6, 6.07) is 2.24. The van der Waals surface area contributed by atoms with Crippen LogP contribution in [0, 0.1) is 0 Å². The van der Waals surface area contributed by atoms with Gasteiger partial charge in [-0.15, -0.1) is 0 Å². The van der Waals surface area contributed by atoms with Gasteiger partial charge in [0, 0.05) is 24.8 Å². The molecule has 1 aromatic heterocycles. The highest BCUT2D eigenvalue weighted by Gasteiger charge is 2.15. The largest absolute Gasteiger partial charge is 0.372 e. The van der Waals surface area contributed by atoms with Gasteiger partial charge in [0.1, 0.15) is 5.82 Å².